The van der Waals surface area contributed by atoms with E-state index in [1.807, 2.05) is 43.0 Å². The van der Waals surface area contributed by atoms with E-state index in [2.05, 4.69) is 15.9 Å². The molecule has 0 aromatic heterocycles. The predicted octanol–water partition coefficient (Wildman–Crippen LogP) is 2.33. The third kappa shape index (κ3) is 3.59. The molecule has 2 rings (SSSR count). The van der Waals surface area contributed by atoms with E-state index < -0.39 is 0 Å². The lowest BCUT2D eigenvalue weighted by Crippen LogP contribution is -2.47. The number of amides is 1. The quantitative estimate of drug-likeness (QED) is 0.918. The minimum Gasteiger partial charge on any atom is -0.370 e. The van der Waals surface area contributed by atoms with Crippen LogP contribution in [0.3, 0.4) is 0 Å². The van der Waals surface area contributed by atoms with E-state index in [9.17, 15) is 4.79 Å². The number of morpholine rings is 1. The second-order valence-electron chi connectivity index (χ2n) is 5.35. The fourth-order valence-corrected chi connectivity index (χ4v) is 2.69. The Balaban J connectivity index is 2.07. The molecule has 1 heterocycles. The van der Waals surface area contributed by atoms with E-state index in [4.69, 9.17) is 10.5 Å². The topological polar surface area (TPSA) is 55.6 Å². The number of carbonyl (C=O) groups excluding carboxylic acids is 1. The van der Waals surface area contributed by atoms with Crippen LogP contribution in [0.15, 0.2) is 28.7 Å². The highest BCUT2D eigenvalue weighted by Gasteiger charge is 2.29. The van der Waals surface area contributed by atoms with E-state index in [1.165, 1.54) is 0 Å². The lowest BCUT2D eigenvalue weighted by Gasteiger charge is -2.35. The third-order valence-electron chi connectivity index (χ3n) is 3.78. The number of rotatable bonds is 3. The molecule has 1 amide bonds. The van der Waals surface area contributed by atoms with Gasteiger partial charge in [-0.05, 0) is 24.6 Å². The number of nitrogens with two attached hydrogens (primary N) is 1. The Labute approximate surface area is 128 Å². The van der Waals surface area contributed by atoms with Gasteiger partial charge in [0.25, 0.3) is 0 Å². The minimum atomic E-state index is -0.156. The van der Waals surface area contributed by atoms with Crippen molar-refractivity contribution in [2.24, 2.45) is 11.7 Å². The Hall–Kier alpha value is -0.910. The van der Waals surface area contributed by atoms with Crippen LogP contribution in [0.2, 0.25) is 0 Å². The van der Waals surface area contributed by atoms with Gasteiger partial charge in [0.1, 0.15) is 6.10 Å². The van der Waals surface area contributed by atoms with Gasteiger partial charge in [-0.2, -0.15) is 0 Å². The molecule has 0 aliphatic carbocycles. The first-order valence-corrected chi connectivity index (χ1v) is 7.69. The van der Waals surface area contributed by atoms with Crippen molar-refractivity contribution in [3.05, 3.63) is 34.3 Å². The first-order valence-electron chi connectivity index (χ1n) is 6.90. The molecule has 3 unspecified atom stereocenters. The monoisotopic (exact) mass is 340 g/mol. The maximum absolute atomic E-state index is 12.4. The second kappa shape index (κ2) is 6.70. The van der Waals surface area contributed by atoms with Crippen LogP contribution < -0.4 is 5.73 Å². The Morgan fingerprint density at radius 1 is 1.50 bits per heavy atom. The summed E-state index contributed by atoms with van der Waals surface area (Å²) in [5, 5.41) is 0. The zero-order chi connectivity index (χ0) is 14.7. The first-order chi connectivity index (χ1) is 9.49. The number of hydrogen-bond acceptors (Lipinski definition) is 3. The Bertz CT molecular complexity index is 479. The van der Waals surface area contributed by atoms with E-state index in [1.54, 1.807) is 0 Å². The van der Waals surface area contributed by atoms with Crippen molar-refractivity contribution >= 4 is 21.8 Å². The van der Waals surface area contributed by atoms with Crippen molar-refractivity contribution in [1.29, 1.82) is 0 Å². The van der Waals surface area contributed by atoms with Gasteiger partial charge in [-0.25, -0.2) is 0 Å². The van der Waals surface area contributed by atoms with Crippen molar-refractivity contribution in [2.75, 3.05) is 19.7 Å². The molecule has 3 atom stereocenters. The third-order valence-corrected chi connectivity index (χ3v) is 4.27. The van der Waals surface area contributed by atoms with Gasteiger partial charge in [0.2, 0.25) is 5.91 Å². The van der Waals surface area contributed by atoms with E-state index >= 15 is 0 Å². The number of benzene rings is 1. The van der Waals surface area contributed by atoms with Gasteiger partial charge < -0.3 is 15.4 Å². The molecule has 0 spiro atoms. The molecule has 5 heteroatoms. The van der Waals surface area contributed by atoms with Gasteiger partial charge in [0.05, 0.1) is 19.1 Å². The average Bonchev–Trinajstić information content (AvgIpc) is 2.45. The van der Waals surface area contributed by atoms with E-state index in [0.29, 0.717) is 19.7 Å². The lowest BCUT2D eigenvalue weighted by molar-refractivity contribution is -0.143. The highest BCUT2D eigenvalue weighted by Crippen LogP contribution is 2.25. The van der Waals surface area contributed by atoms with Crippen molar-refractivity contribution in [3.8, 4) is 0 Å². The summed E-state index contributed by atoms with van der Waals surface area (Å²) in [6.07, 6.45) is -0.0644. The number of carbonyl (C=O) groups is 1. The number of ether oxygens (including phenoxy) is 1. The molecule has 1 aliphatic heterocycles. The second-order valence-corrected chi connectivity index (χ2v) is 6.26. The summed E-state index contributed by atoms with van der Waals surface area (Å²) in [5.74, 6) is -0.0421. The van der Waals surface area contributed by atoms with E-state index in [-0.39, 0.29) is 24.0 Å². The smallest absolute Gasteiger partial charge is 0.227 e. The summed E-state index contributed by atoms with van der Waals surface area (Å²) in [6, 6.07) is 7.89. The molecule has 20 heavy (non-hydrogen) atoms. The van der Waals surface area contributed by atoms with Crippen LogP contribution in [-0.2, 0) is 9.53 Å². The van der Waals surface area contributed by atoms with Crippen molar-refractivity contribution in [2.45, 2.75) is 26.0 Å². The molecule has 0 radical (unpaired) electrons. The Morgan fingerprint density at radius 2 is 2.25 bits per heavy atom. The Kier molecular flexibility index (Phi) is 5.18. The summed E-state index contributed by atoms with van der Waals surface area (Å²) in [5.41, 5.74) is 6.91. The molecule has 0 bridgehead atoms. The van der Waals surface area contributed by atoms with Crippen LogP contribution in [0.1, 0.15) is 25.5 Å². The van der Waals surface area contributed by atoms with Crippen molar-refractivity contribution in [1.82, 2.24) is 4.90 Å². The molecule has 1 aliphatic rings. The summed E-state index contributed by atoms with van der Waals surface area (Å²) < 4.78 is 6.81. The molecule has 1 aromatic rings. The summed E-state index contributed by atoms with van der Waals surface area (Å²) in [6.45, 7) is 5.55. The average molecular weight is 341 g/mol. The first kappa shape index (κ1) is 15.5. The van der Waals surface area contributed by atoms with Gasteiger partial charge >= 0.3 is 0 Å². The van der Waals surface area contributed by atoms with Crippen LogP contribution in [0.5, 0.6) is 0 Å². The van der Waals surface area contributed by atoms with Crippen LogP contribution in [0.4, 0.5) is 0 Å². The zero-order valence-electron chi connectivity index (χ0n) is 11.9. The molecular formula is C15H21BrN2O2. The minimum absolute atomic E-state index is 0.0644. The zero-order valence-corrected chi connectivity index (χ0v) is 13.5. The van der Waals surface area contributed by atoms with Crippen LogP contribution in [0, 0.1) is 5.92 Å². The van der Waals surface area contributed by atoms with Crippen LogP contribution in [-0.4, -0.2) is 36.5 Å². The maximum atomic E-state index is 12.4. The van der Waals surface area contributed by atoms with Crippen molar-refractivity contribution in [3.63, 3.8) is 0 Å². The lowest BCUT2D eigenvalue weighted by atomic mass is 10.0. The molecule has 1 aromatic carbocycles. The van der Waals surface area contributed by atoms with Gasteiger partial charge in [-0.3, -0.25) is 4.79 Å². The SMILES string of the molecule is CC(N)C(C)C(=O)N1CCOC(c2cccc(Br)c2)C1. The highest BCUT2D eigenvalue weighted by atomic mass is 79.9. The molecular weight excluding hydrogens is 320 g/mol. The molecule has 0 saturated carbocycles. The molecule has 4 nitrogen and oxygen atoms in total. The van der Waals surface area contributed by atoms with Gasteiger partial charge in [0.15, 0.2) is 0 Å². The van der Waals surface area contributed by atoms with Crippen LogP contribution >= 0.6 is 15.9 Å². The van der Waals surface area contributed by atoms with Gasteiger partial charge in [0, 0.05) is 17.1 Å². The number of halogens is 1. The molecule has 2 N–H and O–H groups in total. The predicted molar refractivity (Wildman–Crippen MR) is 82.2 cm³/mol. The van der Waals surface area contributed by atoms with Crippen molar-refractivity contribution < 1.29 is 9.53 Å². The number of hydrogen-bond donors (Lipinski definition) is 1. The van der Waals surface area contributed by atoms with Gasteiger partial charge in [-0.1, -0.05) is 35.0 Å². The van der Waals surface area contributed by atoms with Gasteiger partial charge in [-0.15, -0.1) is 0 Å². The maximum Gasteiger partial charge on any atom is 0.227 e. The summed E-state index contributed by atoms with van der Waals surface area (Å²) >= 11 is 3.46. The summed E-state index contributed by atoms with van der Waals surface area (Å²) in [7, 11) is 0. The standard InChI is InChI=1S/C15H21BrN2O2/c1-10(11(2)17)15(19)18-6-7-20-14(9-18)12-4-3-5-13(16)8-12/h3-5,8,10-11,14H,6-7,9,17H2,1-2H3. The van der Waals surface area contributed by atoms with Crippen LogP contribution in [0.25, 0.3) is 0 Å². The Morgan fingerprint density at radius 3 is 2.90 bits per heavy atom. The molecule has 1 fully saturated rings. The summed E-state index contributed by atoms with van der Waals surface area (Å²) in [4.78, 5) is 14.2. The fourth-order valence-electron chi connectivity index (χ4n) is 2.27. The largest absolute Gasteiger partial charge is 0.370 e. The normalized spacial score (nSPS) is 22.4. The fraction of sp³-hybridized carbons (Fsp3) is 0.533. The highest BCUT2D eigenvalue weighted by molar-refractivity contribution is 9.10. The molecule has 1 saturated heterocycles. The van der Waals surface area contributed by atoms with E-state index in [0.717, 1.165) is 10.0 Å². The molecule has 110 valence electrons. The number of nitrogens with zero attached hydrogens (tertiary/aromatic N) is 1.